The van der Waals surface area contributed by atoms with Crippen LogP contribution in [0, 0.1) is 5.92 Å². The standard InChI is InChI=1S/C12H22N2O3S/c1-8(10(15)16)9(2)14-11(17)13-7-12(3)5-4-6-18-12/h8-9H,4-7H2,1-3H3,(H,15,16)(H2,13,14,17). The highest BCUT2D eigenvalue weighted by atomic mass is 32.2. The predicted octanol–water partition coefficient (Wildman–Crippen LogP) is 1.68. The molecule has 0 aliphatic carbocycles. The molecule has 0 bridgehead atoms. The average Bonchev–Trinajstić information content (AvgIpc) is 2.73. The minimum atomic E-state index is -0.902. The highest BCUT2D eigenvalue weighted by Gasteiger charge is 2.30. The summed E-state index contributed by atoms with van der Waals surface area (Å²) in [5.74, 6) is -0.347. The Morgan fingerprint density at radius 1 is 1.44 bits per heavy atom. The molecule has 1 heterocycles. The molecule has 1 rings (SSSR count). The van der Waals surface area contributed by atoms with Crippen LogP contribution in [0.4, 0.5) is 4.79 Å². The Labute approximate surface area is 112 Å². The van der Waals surface area contributed by atoms with Crippen molar-refractivity contribution in [2.24, 2.45) is 5.92 Å². The van der Waals surface area contributed by atoms with E-state index in [0.29, 0.717) is 6.54 Å². The number of hydrogen-bond donors (Lipinski definition) is 3. The van der Waals surface area contributed by atoms with Crippen molar-refractivity contribution in [3.05, 3.63) is 0 Å². The summed E-state index contributed by atoms with van der Waals surface area (Å²) in [4.78, 5) is 22.4. The van der Waals surface area contributed by atoms with Crippen LogP contribution in [0.25, 0.3) is 0 Å². The van der Waals surface area contributed by atoms with Gasteiger partial charge in [-0.15, -0.1) is 0 Å². The van der Waals surface area contributed by atoms with Gasteiger partial charge in [0.1, 0.15) is 0 Å². The Balaban J connectivity index is 2.31. The van der Waals surface area contributed by atoms with Crippen LogP contribution in [0.2, 0.25) is 0 Å². The fourth-order valence-corrected chi connectivity index (χ4v) is 3.08. The molecule has 0 spiro atoms. The van der Waals surface area contributed by atoms with Crippen LogP contribution in [0.15, 0.2) is 0 Å². The molecule has 3 N–H and O–H groups in total. The second kappa shape index (κ2) is 6.31. The van der Waals surface area contributed by atoms with Crippen molar-refractivity contribution in [2.45, 2.75) is 44.4 Å². The molecule has 6 heteroatoms. The van der Waals surface area contributed by atoms with Crippen molar-refractivity contribution in [3.63, 3.8) is 0 Å². The van der Waals surface area contributed by atoms with Gasteiger partial charge >= 0.3 is 12.0 Å². The zero-order valence-electron chi connectivity index (χ0n) is 11.2. The van der Waals surface area contributed by atoms with Crippen molar-refractivity contribution in [2.75, 3.05) is 12.3 Å². The van der Waals surface area contributed by atoms with Gasteiger partial charge in [0.05, 0.1) is 5.92 Å². The fraction of sp³-hybridized carbons (Fsp3) is 0.833. The number of carbonyl (C=O) groups excluding carboxylic acids is 1. The van der Waals surface area contributed by atoms with Gasteiger partial charge < -0.3 is 15.7 Å². The molecule has 1 aliphatic rings. The molecule has 5 nitrogen and oxygen atoms in total. The average molecular weight is 274 g/mol. The SMILES string of the molecule is CC(NC(=O)NCC1(C)CCCS1)C(C)C(=O)O. The van der Waals surface area contributed by atoms with Crippen LogP contribution in [-0.2, 0) is 4.79 Å². The zero-order chi connectivity index (χ0) is 13.8. The van der Waals surface area contributed by atoms with Crippen LogP contribution in [0.1, 0.15) is 33.6 Å². The van der Waals surface area contributed by atoms with Crippen LogP contribution in [0.5, 0.6) is 0 Å². The van der Waals surface area contributed by atoms with Gasteiger partial charge in [0.15, 0.2) is 0 Å². The van der Waals surface area contributed by atoms with Gasteiger partial charge in [0.25, 0.3) is 0 Å². The number of carbonyl (C=O) groups is 2. The van der Waals surface area contributed by atoms with E-state index in [1.54, 1.807) is 13.8 Å². The number of carboxylic acids is 1. The molecule has 0 radical (unpaired) electrons. The summed E-state index contributed by atoms with van der Waals surface area (Å²) in [6.45, 7) is 6.05. The quantitative estimate of drug-likeness (QED) is 0.713. The zero-order valence-corrected chi connectivity index (χ0v) is 12.0. The number of urea groups is 1. The van der Waals surface area contributed by atoms with E-state index >= 15 is 0 Å². The van der Waals surface area contributed by atoms with Gasteiger partial charge in [0, 0.05) is 17.3 Å². The minimum absolute atomic E-state index is 0.124. The van der Waals surface area contributed by atoms with Crippen molar-refractivity contribution in [1.82, 2.24) is 10.6 Å². The van der Waals surface area contributed by atoms with Crippen molar-refractivity contribution < 1.29 is 14.7 Å². The first-order chi connectivity index (χ1) is 8.34. The Kier molecular flexibility index (Phi) is 5.31. The lowest BCUT2D eigenvalue weighted by Crippen LogP contribution is -2.48. The van der Waals surface area contributed by atoms with Crippen molar-refractivity contribution in [1.29, 1.82) is 0 Å². The molecule has 0 aromatic heterocycles. The van der Waals surface area contributed by atoms with Gasteiger partial charge in [-0.3, -0.25) is 4.79 Å². The Morgan fingerprint density at radius 2 is 2.11 bits per heavy atom. The molecule has 0 aromatic carbocycles. The van der Waals surface area contributed by atoms with E-state index in [0.717, 1.165) is 12.2 Å². The number of nitrogens with one attached hydrogen (secondary N) is 2. The van der Waals surface area contributed by atoms with Gasteiger partial charge in [-0.1, -0.05) is 0 Å². The van der Waals surface area contributed by atoms with Gasteiger partial charge in [-0.05, 0) is 39.4 Å². The molecule has 3 atom stereocenters. The monoisotopic (exact) mass is 274 g/mol. The molecular formula is C12H22N2O3S. The topological polar surface area (TPSA) is 78.4 Å². The Hall–Kier alpha value is -0.910. The van der Waals surface area contributed by atoms with Gasteiger partial charge in [-0.2, -0.15) is 11.8 Å². The number of rotatable bonds is 5. The normalized spacial score (nSPS) is 26.4. The third kappa shape index (κ3) is 4.40. The maximum absolute atomic E-state index is 11.7. The molecule has 104 valence electrons. The lowest BCUT2D eigenvalue weighted by atomic mass is 10.0. The summed E-state index contributed by atoms with van der Waals surface area (Å²) in [7, 11) is 0. The van der Waals surface area contributed by atoms with E-state index in [1.807, 2.05) is 11.8 Å². The summed E-state index contributed by atoms with van der Waals surface area (Å²) in [6, 6.07) is -0.670. The van der Waals surface area contributed by atoms with Crippen molar-refractivity contribution >= 4 is 23.8 Å². The molecule has 0 aromatic rings. The number of carboxylic acid groups (broad SMARTS) is 1. The fourth-order valence-electron chi connectivity index (χ4n) is 1.84. The second-order valence-electron chi connectivity index (χ2n) is 5.14. The van der Waals surface area contributed by atoms with Gasteiger partial charge in [-0.25, -0.2) is 4.79 Å². The summed E-state index contributed by atoms with van der Waals surface area (Å²) >= 11 is 1.88. The first-order valence-electron chi connectivity index (χ1n) is 6.25. The molecular weight excluding hydrogens is 252 g/mol. The lowest BCUT2D eigenvalue weighted by molar-refractivity contribution is -0.141. The van der Waals surface area contributed by atoms with Crippen LogP contribution >= 0.6 is 11.8 Å². The molecule has 3 unspecified atom stereocenters. The number of hydrogen-bond acceptors (Lipinski definition) is 3. The maximum Gasteiger partial charge on any atom is 0.315 e. The molecule has 2 amide bonds. The third-order valence-electron chi connectivity index (χ3n) is 3.42. The van der Waals surface area contributed by atoms with E-state index in [1.165, 1.54) is 6.42 Å². The first kappa shape index (κ1) is 15.1. The summed E-state index contributed by atoms with van der Waals surface area (Å²) < 4.78 is 0.124. The van der Waals surface area contributed by atoms with Crippen LogP contribution in [0.3, 0.4) is 0 Å². The summed E-state index contributed by atoms with van der Waals surface area (Å²) in [5.41, 5.74) is 0. The summed E-state index contributed by atoms with van der Waals surface area (Å²) in [5, 5.41) is 14.3. The Bertz CT molecular complexity index is 316. The highest BCUT2D eigenvalue weighted by Crippen LogP contribution is 2.36. The van der Waals surface area contributed by atoms with E-state index in [-0.39, 0.29) is 16.8 Å². The number of thioether (sulfide) groups is 1. The highest BCUT2D eigenvalue weighted by molar-refractivity contribution is 8.00. The van der Waals surface area contributed by atoms with Crippen LogP contribution < -0.4 is 10.6 Å². The lowest BCUT2D eigenvalue weighted by Gasteiger charge is -2.24. The Morgan fingerprint density at radius 3 is 2.61 bits per heavy atom. The van der Waals surface area contributed by atoms with E-state index in [9.17, 15) is 9.59 Å². The largest absolute Gasteiger partial charge is 0.481 e. The molecule has 1 saturated heterocycles. The predicted molar refractivity (Wildman–Crippen MR) is 72.9 cm³/mol. The first-order valence-corrected chi connectivity index (χ1v) is 7.24. The summed E-state index contributed by atoms with van der Waals surface area (Å²) in [6.07, 6.45) is 2.30. The van der Waals surface area contributed by atoms with Gasteiger partial charge in [0.2, 0.25) is 0 Å². The number of amides is 2. The number of aliphatic carboxylic acids is 1. The third-order valence-corrected chi connectivity index (χ3v) is 4.96. The van der Waals surface area contributed by atoms with E-state index in [4.69, 9.17) is 5.11 Å². The molecule has 1 fully saturated rings. The van der Waals surface area contributed by atoms with Crippen LogP contribution in [-0.4, -0.2) is 40.2 Å². The minimum Gasteiger partial charge on any atom is -0.481 e. The van der Waals surface area contributed by atoms with E-state index < -0.39 is 11.9 Å². The van der Waals surface area contributed by atoms with Crippen molar-refractivity contribution in [3.8, 4) is 0 Å². The molecule has 18 heavy (non-hydrogen) atoms. The smallest absolute Gasteiger partial charge is 0.315 e. The maximum atomic E-state index is 11.7. The van der Waals surface area contributed by atoms with E-state index in [2.05, 4.69) is 17.6 Å². The molecule has 1 aliphatic heterocycles. The molecule has 0 saturated carbocycles. The second-order valence-corrected chi connectivity index (χ2v) is 6.83.